The molecule has 0 bridgehead atoms. The fourth-order valence-electron chi connectivity index (χ4n) is 1.83. The largest absolute Gasteiger partial charge is 0.381 e. The zero-order chi connectivity index (χ0) is 16.0. The van der Waals surface area contributed by atoms with Crippen molar-refractivity contribution in [2.24, 2.45) is 0 Å². The van der Waals surface area contributed by atoms with Crippen molar-refractivity contribution < 1.29 is 27.2 Å². The van der Waals surface area contributed by atoms with Gasteiger partial charge in [0.1, 0.15) is 5.75 Å². The highest BCUT2D eigenvalue weighted by Gasteiger charge is 2.22. The highest BCUT2D eigenvalue weighted by atomic mass is 32.3. The zero-order valence-corrected chi connectivity index (χ0v) is 14.0. The molecule has 1 aromatic carbocycles. The monoisotopic (exact) mass is 336 g/mol. The van der Waals surface area contributed by atoms with E-state index in [1.807, 2.05) is 45.9 Å². The number of para-hydroxylation sites is 1. The summed E-state index contributed by atoms with van der Waals surface area (Å²) in [5.74, 6) is 0.616. The molecule has 8 heteroatoms. The smallest absolute Gasteiger partial charge is 0.321 e. The van der Waals surface area contributed by atoms with Crippen LogP contribution < -0.4 is 4.18 Å². The average Bonchev–Trinajstić information content (AvgIpc) is 2.38. The van der Waals surface area contributed by atoms with Crippen LogP contribution in [0.1, 0.15) is 50.7 Å². The third kappa shape index (κ3) is 5.48. The van der Waals surface area contributed by atoms with E-state index in [9.17, 15) is 8.42 Å². The SMILES string of the molecule is CC(C)c1cccc(C(C)C)c1OS(=O)(=O)CSOOO. The number of hydrogen-bond acceptors (Lipinski definition) is 7. The van der Waals surface area contributed by atoms with E-state index in [1.54, 1.807) is 0 Å². The first-order chi connectivity index (χ1) is 9.78. The Morgan fingerprint density at radius 2 is 1.67 bits per heavy atom. The first-order valence-corrected chi connectivity index (χ1v) is 8.92. The Kier molecular flexibility index (Phi) is 6.95. The summed E-state index contributed by atoms with van der Waals surface area (Å²) in [7, 11) is -3.87. The second kappa shape index (κ2) is 8.00. The van der Waals surface area contributed by atoms with Crippen LogP contribution in [0.2, 0.25) is 0 Å². The van der Waals surface area contributed by atoms with Gasteiger partial charge in [-0.1, -0.05) is 50.9 Å². The van der Waals surface area contributed by atoms with Crippen LogP contribution in [0, 0.1) is 0 Å². The van der Waals surface area contributed by atoms with Crippen LogP contribution in [0.5, 0.6) is 5.75 Å². The van der Waals surface area contributed by atoms with Gasteiger partial charge in [-0.15, -0.1) is 4.33 Å². The van der Waals surface area contributed by atoms with Gasteiger partial charge in [-0.25, -0.2) is 5.26 Å². The lowest BCUT2D eigenvalue weighted by molar-refractivity contribution is -0.432. The lowest BCUT2D eigenvalue weighted by atomic mass is 9.94. The molecule has 0 aliphatic carbocycles. The van der Waals surface area contributed by atoms with Crippen LogP contribution in [0.4, 0.5) is 0 Å². The van der Waals surface area contributed by atoms with Crippen molar-refractivity contribution in [1.82, 2.24) is 0 Å². The van der Waals surface area contributed by atoms with Gasteiger partial charge in [0, 0.05) is 0 Å². The lowest BCUT2D eigenvalue weighted by Gasteiger charge is -2.19. The summed E-state index contributed by atoms with van der Waals surface area (Å²) in [6.45, 7) is 7.87. The van der Waals surface area contributed by atoms with Gasteiger partial charge in [0.15, 0.2) is 5.08 Å². The molecule has 0 fully saturated rings. The standard InChI is InChI=1S/C13H20O6S2/c1-9(2)11-6-5-7-12(10(3)4)13(11)17-21(15,16)8-20-19-18-14/h5-7,9-10,14H,8H2,1-4H3. The Morgan fingerprint density at radius 3 is 2.10 bits per heavy atom. The molecule has 0 saturated heterocycles. The second-order valence-electron chi connectivity index (χ2n) is 5.09. The van der Waals surface area contributed by atoms with Gasteiger partial charge in [-0.2, -0.15) is 8.42 Å². The van der Waals surface area contributed by atoms with Gasteiger partial charge in [-0.05, 0) is 23.0 Å². The van der Waals surface area contributed by atoms with E-state index in [4.69, 9.17) is 9.44 Å². The van der Waals surface area contributed by atoms with E-state index in [1.165, 1.54) is 0 Å². The summed E-state index contributed by atoms with van der Waals surface area (Å²) >= 11 is 0.423. The molecule has 0 unspecified atom stereocenters. The number of benzene rings is 1. The summed E-state index contributed by atoms with van der Waals surface area (Å²) in [6, 6.07) is 5.59. The number of hydrogen-bond donors (Lipinski definition) is 1. The van der Waals surface area contributed by atoms with E-state index in [0.717, 1.165) is 11.1 Å². The summed E-state index contributed by atoms with van der Waals surface area (Å²) in [5, 5.41) is 10.9. The average molecular weight is 336 g/mol. The summed E-state index contributed by atoms with van der Waals surface area (Å²) < 4.78 is 33.3. The molecule has 0 saturated carbocycles. The van der Waals surface area contributed by atoms with Crippen molar-refractivity contribution in [3.05, 3.63) is 29.3 Å². The summed E-state index contributed by atoms with van der Waals surface area (Å²) in [4.78, 5) is 0. The molecule has 1 N–H and O–H groups in total. The first-order valence-electron chi connectivity index (χ1n) is 6.43. The third-order valence-corrected chi connectivity index (χ3v) is 4.92. The van der Waals surface area contributed by atoms with Gasteiger partial charge < -0.3 is 4.18 Å². The maximum absolute atomic E-state index is 12.0. The Balaban J connectivity index is 3.10. The molecule has 21 heavy (non-hydrogen) atoms. The molecule has 0 heterocycles. The molecule has 0 aliphatic heterocycles. The first kappa shape index (κ1) is 18.2. The molecule has 0 aliphatic rings. The Labute approximate surface area is 129 Å². The normalized spacial score (nSPS) is 12.1. The van der Waals surface area contributed by atoms with E-state index in [0.29, 0.717) is 17.8 Å². The molecule has 1 aromatic rings. The Hall–Kier alpha value is -0.800. The predicted molar refractivity (Wildman–Crippen MR) is 81.4 cm³/mol. The van der Waals surface area contributed by atoms with Crippen molar-refractivity contribution in [3.63, 3.8) is 0 Å². The zero-order valence-electron chi connectivity index (χ0n) is 12.4. The minimum absolute atomic E-state index is 0.124. The van der Waals surface area contributed by atoms with Crippen molar-refractivity contribution in [1.29, 1.82) is 0 Å². The predicted octanol–water partition coefficient (Wildman–Crippen LogP) is 3.67. The Morgan fingerprint density at radius 1 is 1.14 bits per heavy atom. The second-order valence-corrected chi connectivity index (χ2v) is 7.69. The lowest BCUT2D eigenvalue weighted by Crippen LogP contribution is -2.15. The number of rotatable bonds is 8. The molecule has 120 valence electrons. The van der Waals surface area contributed by atoms with Crippen LogP contribution in [0.15, 0.2) is 18.2 Å². The van der Waals surface area contributed by atoms with Crippen LogP contribution in [-0.4, -0.2) is 18.8 Å². The highest BCUT2D eigenvalue weighted by molar-refractivity contribution is 8.08. The van der Waals surface area contributed by atoms with E-state index >= 15 is 0 Å². The van der Waals surface area contributed by atoms with Crippen LogP contribution >= 0.6 is 12.0 Å². The van der Waals surface area contributed by atoms with E-state index < -0.39 is 15.2 Å². The molecule has 0 atom stereocenters. The summed E-state index contributed by atoms with van der Waals surface area (Å²) in [6.07, 6.45) is 0. The van der Waals surface area contributed by atoms with Gasteiger partial charge in [0.25, 0.3) is 0 Å². The molecule has 1 rings (SSSR count). The van der Waals surface area contributed by atoms with E-state index in [2.05, 4.69) is 9.37 Å². The molecule has 0 spiro atoms. The fourth-order valence-corrected chi connectivity index (χ4v) is 3.14. The molecule has 6 nitrogen and oxygen atoms in total. The van der Waals surface area contributed by atoms with Crippen molar-refractivity contribution in [2.45, 2.75) is 39.5 Å². The van der Waals surface area contributed by atoms with Crippen molar-refractivity contribution in [2.75, 3.05) is 5.08 Å². The van der Waals surface area contributed by atoms with Crippen molar-refractivity contribution >= 4 is 22.2 Å². The molecule has 0 aromatic heterocycles. The maximum atomic E-state index is 12.0. The molecular formula is C13H20O6S2. The van der Waals surface area contributed by atoms with Crippen LogP contribution in [0.3, 0.4) is 0 Å². The minimum atomic E-state index is -3.87. The quantitative estimate of drug-likeness (QED) is 0.255. The fraction of sp³-hybridized carbons (Fsp3) is 0.538. The molecule has 0 amide bonds. The van der Waals surface area contributed by atoms with Crippen LogP contribution in [0.25, 0.3) is 0 Å². The summed E-state index contributed by atoms with van der Waals surface area (Å²) in [5.41, 5.74) is 1.66. The van der Waals surface area contributed by atoms with E-state index in [-0.39, 0.29) is 11.8 Å². The third-order valence-electron chi connectivity index (χ3n) is 2.80. The topological polar surface area (TPSA) is 82.1 Å². The van der Waals surface area contributed by atoms with Crippen molar-refractivity contribution in [3.8, 4) is 5.75 Å². The van der Waals surface area contributed by atoms with Crippen LogP contribution in [-0.2, 0) is 19.5 Å². The Bertz CT molecular complexity index is 528. The van der Waals surface area contributed by atoms with Gasteiger partial charge in [0.2, 0.25) is 0 Å². The minimum Gasteiger partial charge on any atom is -0.381 e. The molecule has 0 radical (unpaired) electrons. The maximum Gasteiger partial charge on any atom is 0.321 e. The van der Waals surface area contributed by atoms with Gasteiger partial charge in [0.05, 0.1) is 12.0 Å². The highest BCUT2D eigenvalue weighted by Crippen LogP contribution is 2.35. The van der Waals surface area contributed by atoms with Gasteiger partial charge in [-0.3, -0.25) is 0 Å². The molecular weight excluding hydrogens is 316 g/mol. The van der Waals surface area contributed by atoms with Gasteiger partial charge >= 0.3 is 10.1 Å².